The van der Waals surface area contributed by atoms with E-state index in [-0.39, 0.29) is 0 Å². The first-order valence-corrected chi connectivity index (χ1v) is 7.17. The fourth-order valence-corrected chi connectivity index (χ4v) is 4.24. The Kier molecular flexibility index (Phi) is 2.83. The minimum atomic E-state index is 0.632. The van der Waals surface area contributed by atoms with Crippen LogP contribution in [0.25, 0.3) is 9.40 Å². The molecule has 2 aromatic heterocycles. The molecule has 3 heterocycles. The summed E-state index contributed by atoms with van der Waals surface area (Å²) in [4.78, 5) is 0. The first-order valence-electron chi connectivity index (χ1n) is 5.51. The van der Waals surface area contributed by atoms with Crippen LogP contribution < -0.4 is 10.1 Å². The van der Waals surface area contributed by atoms with Crippen molar-refractivity contribution in [1.29, 1.82) is 0 Å². The van der Waals surface area contributed by atoms with Crippen molar-refractivity contribution in [1.82, 2.24) is 9.69 Å². The summed E-state index contributed by atoms with van der Waals surface area (Å²) in [7, 11) is 1.70. The van der Waals surface area contributed by atoms with Gasteiger partial charge in [0, 0.05) is 6.54 Å². The molecule has 0 aromatic carbocycles. The highest BCUT2D eigenvalue weighted by molar-refractivity contribution is 7.35. The maximum atomic E-state index is 5.34. The Balaban J connectivity index is 2.04. The lowest BCUT2D eigenvalue weighted by Crippen LogP contribution is -2.28. The third-order valence-electron chi connectivity index (χ3n) is 3.14. The fraction of sp³-hybridized carbons (Fsp3) is 0.545. The summed E-state index contributed by atoms with van der Waals surface area (Å²) in [5.74, 6) is 1.44. The van der Waals surface area contributed by atoms with Crippen LogP contribution in [0.5, 0.6) is 5.88 Å². The van der Waals surface area contributed by atoms with Crippen molar-refractivity contribution < 1.29 is 4.74 Å². The second-order valence-electron chi connectivity index (χ2n) is 4.09. The van der Waals surface area contributed by atoms with Crippen LogP contribution in [0.3, 0.4) is 0 Å². The highest BCUT2D eigenvalue weighted by Gasteiger charge is 2.22. The van der Waals surface area contributed by atoms with E-state index < -0.39 is 0 Å². The largest absolute Gasteiger partial charge is 0.480 e. The third kappa shape index (κ3) is 1.63. The van der Waals surface area contributed by atoms with Crippen molar-refractivity contribution in [3.05, 3.63) is 10.9 Å². The average Bonchev–Trinajstić information content (AvgIpc) is 2.90. The van der Waals surface area contributed by atoms with E-state index in [0.29, 0.717) is 5.92 Å². The summed E-state index contributed by atoms with van der Waals surface area (Å²) >= 11 is 3.34. The average molecular weight is 254 g/mol. The van der Waals surface area contributed by atoms with E-state index in [4.69, 9.17) is 4.74 Å². The zero-order valence-corrected chi connectivity index (χ0v) is 10.8. The molecule has 0 aliphatic carbocycles. The van der Waals surface area contributed by atoms with E-state index in [1.807, 2.05) is 0 Å². The van der Waals surface area contributed by atoms with Crippen molar-refractivity contribution in [3.8, 4) is 5.88 Å². The minimum Gasteiger partial charge on any atom is -0.480 e. The van der Waals surface area contributed by atoms with Gasteiger partial charge >= 0.3 is 0 Å². The number of hydrogen-bond donors (Lipinski definition) is 1. The SMILES string of the molecule is COc1nsc2scc(C3CCCNC3)c12. The molecule has 0 radical (unpaired) electrons. The van der Waals surface area contributed by atoms with E-state index in [1.54, 1.807) is 30.0 Å². The molecule has 1 aliphatic heterocycles. The van der Waals surface area contributed by atoms with Crippen molar-refractivity contribution in [2.75, 3.05) is 20.2 Å². The predicted molar refractivity (Wildman–Crippen MR) is 68.9 cm³/mol. The number of aromatic nitrogens is 1. The van der Waals surface area contributed by atoms with Gasteiger partial charge < -0.3 is 10.1 Å². The number of piperidine rings is 1. The summed E-state index contributed by atoms with van der Waals surface area (Å²) < 4.78 is 11.0. The first-order chi connectivity index (χ1) is 7.90. The lowest BCUT2D eigenvalue weighted by atomic mass is 9.92. The molecule has 16 heavy (non-hydrogen) atoms. The van der Waals surface area contributed by atoms with Crippen LogP contribution >= 0.6 is 22.9 Å². The van der Waals surface area contributed by atoms with Crippen LogP contribution in [0.2, 0.25) is 0 Å². The number of rotatable bonds is 2. The number of thiophene rings is 1. The van der Waals surface area contributed by atoms with Gasteiger partial charge in [-0.1, -0.05) is 0 Å². The number of nitrogens with one attached hydrogen (secondary N) is 1. The topological polar surface area (TPSA) is 34.1 Å². The molecule has 0 amide bonds. The highest BCUT2D eigenvalue weighted by atomic mass is 32.2. The van der Waals surface area contributed by atoms with Crippen molar-refractivity contribution >= 4 is 32.3 Å². The maximum Gasteiger partial charge on any atom is 0.234 e. The number of methoxy groups -OCH3 is 1. The van der Waals surface area contributed by atoms with Crippen LogP contribution in [0, 0.1) is 0 Å². The molecule has 1 N–H and O–H groups in total. The quantitative estimate of drug-likeness (QED) is 0.895. The molecule has 1 unspecified atom stereocenters. The van der Waals surface area contributed by atoms with Crippen LogP contribution in [0.1, 0.15) is 24.3 Å². The molecule has 1 saturated heterocycles. The zero-order valence-electron chi connectivity index (χ0n) is 9.16. The standard InChI is InChI=1S/C11H14N2OS2/c1-14-10-9-8(6-15-11(9)16-13-10)7-3-2-4-12-5-7/h6-7,12H,2-5H2,1H3. The normalized spacial score (nSPS) is 21.4. The van der Waals surface area contributed by atoms with Gasteiger partial charge in [0.2, 0.25) is 5.88 Å². The Hall–Kier alpha value is -0.650. The number of fused-ring (bicyclic) bond motifs is 1. The van der Waals surface area contributed by atoms with Gasteiger partial charge in [-0.05, 0) is 47.8 Å². The van der Waals surface area contributed by atoms with Gasteiger partial charge in [0.25, 0.3) is 0 Å². The number of hydrogen-bond acceptors (Lipinski definition) is 5. The summed E-state index contributed by atoms with van der Waals surface area (Å²) in [5.41, 5.74) is 1.43. The minimum absolute atomic E-state index is 0.632. The molecular formula is C11H14N2OS2. The molecule has 3 rings (SSSR count). The maximum absolute atomic E-state index is 5.34. The second kappa shape index (κ2) is 4.31. The monoisotopic (exact) mass is 254 g/mol. The van der Waals surface area contributed by atoms with Crippen molar-refractivity contribution in [2.24, 2.45) is 0 Å². The van der Waals surface area contributed by atoms with Gasteiger partial charge in [-0.2, -0.15) is 4.37 Å². The van der Waals surface area contributed by atoms with E-state index in [2.05, 4.69) is 15.1 Å². The summed E-state index contributed by atoms with van der Waals surface area (Å²) in [6.07, 6.45) is 2.54. The lowest BCUT2D eigenvalue weighted by Gasteiger charge is -2.22. The van der Waals surface area contributed by atoms with Crippen LogP contribution in [0.15, 0.2) is 5.38 Å². The molecule has 1 aliphatic rings. The number of ether oxygens (including phenoxy) is 1. The fourth-order valence-electron chi connectivity index (χ4n) is 2.32. The van der Waals surface area contributed by atoms with Crippen molar-refractivity contribution in [3.63, 3.8) is 0 Å². The van der Waals surface area contributed by atoms with Crippen LogP contribution in [0.4, 0.5) is 0 Å². The Bertz CT molecular complexity index is 485. The summed E-state index contributed by atoms with van der Waals surface area (Å²) in [5, 5.41) is 7.00. The van der Waals surface area contributed by atoms with E-state index in [1.165, 1.54) is 27.8 Å². The molecule has 5 heteroatoms. The van der Waals surface area contributed by atoms with Gasteiger partial charge in [-0.3, -0.25) is 0 Å². The molecule has 0 bridgehead atoms. The Morgan fingerprint density at radius 1 is 1.56 bits per heavy atom. The van der Waals surface area contributed by atoms with E-state index in [9.17, 15) is 0 Å². The highest BCUT2D eigenvalue weighted by Crippen LogP contribution is 2.41. The van der Waals surface area contributed by atoms with Gasteiger partial charge in [0.15, 0.2) is 0 Å². The Labute approximate surface area is 103 Å². The van der Waals surface area contributed by atoms with Gasteiger partial charge in [0.05, 0.1) is 12.5 Å². The third-order valence-corrected chi connectivity index (χ3v) is 5.07. The number of nitrogens with zero attached hydrogens (tertiary/aromatic N) is 1. The summed E-state index contributed by atoms with van der Waals surface area (Å²) in [6.45, 7) is 2.24. The van der Waals surface area contributed by atoms with Crippen LogP contribution in [-0.4, -0.2) is 24.6 Å². The van der Waals surface area contributed by atoms with Gasteiger partial charge in [0.1, 0.15) is 4.01 Å². The molecule has 0 saturated carbocycles. The molecule has 1 fully saturated rings. The molecule has 86 valence electrons. The molecule has 2 aromatic rings. The summed E-state index contributed by atoms with van der Waals surface area (Å²) in [6, 6.07) is 0. The van der Waals surface area contributed by atoms with Crippen LogP contribution in [-0.2, 0) is 0 Å². The molecule has 1 atom stereocenters. The van der Waals surface area contributed by atoms with Gasteiger partial charge in [-0.25, -0.2) is 0 Å². The molecule has 0 spiro atoms. The molecule has 3 nitrogen and oxygen atoms in total. The predicted octanol–water partition coefficient (Wildman–Crippen LogP) is 2.83. The first kappa shape index (κ1) is 10.5. The zero-order chi connectivity index (χ0) is 11.0. The van der Waals surface area contributed by atoms with Crippen molar-refractivity contribution in [2.45, 2.75) is 18.8 Å². The molecular weight excluding hydrogens is 240 g/mol. The Morgan fingerprint density at radius 3 is 3.25 bits per heavy atom. The Morgan fingerprint density at radius 2 is 2.50 bits per heavy atom. The smallest absolute Gasteiger partial charge is 0.234 e. The van der Waals surface area contributed by atoms with E-state index in [0.717, 1.165) is 19.0 Å². The lowest BCUT2D eigenvalue weighted by molar-refractivity contribution is 0.406. The van der Waals surface area contributed by atoms with Gasteiger partial charge in [-0.15, -0.1) is 11.3 Å². The van der Waals surface area contributed by atoms with E-state index >= 15 is 0 Å². The second-order valence-corrected chi connectivity index (χ2v) is 6.00.